The van der Waals surface area contributed by atoms with E-state index in [1.165, 1.54) is 0 Å². The molecule has 2 heterocycles. The third-order valence-electron chi connectivity index (χ3n) is 2.91. The molecular weight excluding hydrogens is 260 g/mol. The van der Waals surface area contributed by atoms with Gasteiger partial charge in [0.25, 0.3) is 0 Å². The van der Waals surface area contributed by atoms with Gasteiger partial charge in [-0.3, -0.25) is 9.36 Å². The van der Waals surface area contributed by atoms with E-state index in [-0.39, 0.29) is 0 Å². The number of nitrogens with one attached hydrogen (secondary N) is 1. The monoisotopic (exact) mass is 278 g/mol. The van der Waals surface area contributed by atoms with Crippen molar-refractivity contribution in [3.05, 3.63) is 29.2 Å². The maximum atomic E-state index is 5.74. The summed E-state index contributed by atoms with van der Waals surface area (Å²) >= 11 is 5.07. The highest BCUT2D eigenvalue weighted by atomic mass is 32.1. The highest BCUT2D eigenvalue weighted by Crippen LogP contribution is 2.18. The van der Waals surface area contributed by atoms with Crippen LogP contribution in [0.5, 0.6) is 0 Å². The Morgan fingerprint density at radius 3 is 2.74 bits per heavy atom. The van der Waals surface area contributed by atoms with Crippen LogP contribution in [0.1, 0.15) is 17.0 Å². The summed E-state index contributed by atoms with van der Waals surface area (Å²) in [7, 11) is 3.78. The molecule has 0 amide bonds. The van der Waals surface area contributed by atoms with Gasteiger partial charge in [0.05, 0.1) is 17.0 Å². The van der Waals surface area contributed by atoms with Crippen LogP contribution in [0.25, 0.3) is 0 Å². The molecule has 102 valence electrons. The van der Waals surface area contributed by atoms with E-state index in [0.717, 1.165) is 35.7 Å². The van der Waals surface area contributed by atoms with Crippen LogP contribution >= 0.6 is 12.2 Å². The first-order chi connectivity index (χ1) is 8.99. The van der Waals surface area contributed by atoms with E-state index in [2.05, 4.69) is 15.5 Å². The van der Waals surface area contributed by atoms with Gasteiger partial charge in [-0.25, -0.2) is 0 Å². The normalized spacial score (nSPS) is 10.7. The fourth-order valence-corrected chi connectivity index (χ4v) is 2.31. The Kier molecular flexibility index (Phi) is 3.84. The topological polar surface area (TPSA) is 73.7 Å². The van der Waals surface area contributed by atoms with E-state index < -0.39 is 0 Å². The summed E-state index contributed by atoms with van der Waals surface area (Å²) in [6, 6.07) is 2.00. The molecule has 0 aromatic carbocycles. The molecule has 0 fully saturated rings. The highest BCUT2D eigenvalue weighted by Gasteiger charge is 2.14. The number of aryl methyl sites for hydroxylation is 3. The number of thiocarbonyl (C=S) groups is 1. The Morgan fingerprint density at radius 1 is 1.42 bits per heavy atom. The van der Waals surface area contributed by atoms with Crippen LogP contribution in [0.4, 0.5) is 5.82 Å². The lowest BCUT2D eigenvalue weighted by atomic mass is 10.2. The van der Waals surface area contributed by atoms with E-state index in [9.17, 15) is 0 Å². The van der Waals surface area contributed by atoms with Crippen molar-refractivity contribution in [3.8, 4) is 0 Å². The van der Waals surface area contributed by atoms with Crippen molar-refractivity contribution in [2.75, 3.05) is 11.9 Å². The lowest BCUT2D eigenvalue weighted by molar-refractivity contribution is 0.736. The van der Waals surface area contributed by atoms with Gasteiger partial charge >= 0.3 is 0 Å². The van der Waals surface area contributed by atoms with Crippen LogP contribution in [0, 0.1) is 6.92 Å². The summed E-state index contributed by atoms with van der Waals surface area (Å²) in [5, 5.41) is 12.0. The van der Waals surface area contributed by atoms with Crippen molar-refractivity contribution in [1.29, 1.82) is 0 Å². The molecule has 0 unspecified atom stereocenters. The molecule has 0 atom stereocenters. The number of aromatic nitrogens is 4. The molecule has 2 aromatic heterocycles. The zero-order valence-electron chi connectivity index (χ0n) is 11.3. The lowest BCUT2D eigenvalue weighted by Crippen LogP contribution is -2.16. The van der Waals surface area contributed by atoms with Crippen LogP contribution in [0.2, 0.25) is 0 Å². The van der Waals surface area contributed by atoms with E-state index in [1.807, 2.05) is 33.3 Å². The molecule has 2 rings (SSSR count). The maximum absolute atomic E-state index is 5.74. The predicted molar refractivity (Wildman–Crippen MR) is 79.2 cm³/mol. The van der Waals surface area contributed by atoms with Crippen LogP contribution in [-0.2, 0) is 20.5 Å². The third kappa shape index (κ3) is 2.93. The second-order valence-corrected chi connectivity index (χ2v) is 4.89. The van der Waals surface area contributed by atoms with Gasteiger partial charge in [-0.2, -0.15) is 10.2 Å². The molecule has 7 heteroatoms. The molecule has 0 bridgehead atoms. The quantitative estimate of drug-likeness (QED) is 0.790. The van der Waals surface area contributed by atoms with Gasteiger partial charge in [-0.1, -0.05) is 12.2 Å². The predicted octanol–water partition coefficient (Wildman–Crippen LogP) is 0.751. The van der Waals surface area contributed by atoms with Gasteiger partial charge in [0.15, 0.2) is 0 Å². The summed E-state index contributed by atoms with van der Waals surface area (Å²) in [4.78, 5) is 0.367. The standard InChI is InChI=1S/C12H18N6S/c1-8-10(11(13)19)12(18(3)15-8)14-6-4-9-5-7-17(2)16-9/h5,7,14H,4,6H2,1-3H3,(H2,13,19). The average molecular weight is 278 g/mol. The van der Waals surface area contributed by atoms with Crippen LogP contribution < -0.4 is 11.1 Å². The van der Waals surface area contributed by atoms with Gasteiger partial charge in [-0.05, 0) is 13.0 Å². The Hall–Kier alpha value is -1.89. The second kappa shape index (κ2) is 5.40. The molecule has 0 saturated carbocycles. The minimum atomic E-state index is 0.367. The van der Waals surface area contributed by atoms with E-state index in [1.54, 1.807) is 9.36 Å². The Labute approximate surface area is 117 Å². The van der Waals surface area contributed by atoms with Gasteiger partial charge in [0.1, 0.15) is 10.8 Å². The fraction of sp³-hybridized carbons (Fsp3) is 0.417. The molecule has 0 aliphatic rings. The molecule has 0 aliphatic carbocycles. The molecule has 3 N–H and O–H groups in total. The number of nitrogens with two attached hydrogens (primary N) is 1. The van der Waals surface area contributed by atoms with Crippen molar-refractivity contribution < 1.29 is 0 Å². The van der Waals surface area contributed by atoms with Crippen molar-refractivity contribution in [2.24, 2.45) is 19.8 Å². The Bertz CT molecular complexity index is 597. The first kappa shape index (κ1) is 13.5. The first-order valence-corrected chi connectivity index (χ1v) is 6.45. The van der Waals surface area contributed by atoms with Crippen molar-refractivity contribution in [3.63, 3.8) is 0 Å². The zero-order valence-corrected chi connectivity index (χ0v) is 12.2. The van der Waals surface area contributed by atoms with Gasteiger partial charge in [0, 0.05) is 33.3 Å². The smallest absolute Gasteiger partial charge is 0.134 e. The molecule has 2 aromatic rings. The summed E-state index contributed by atoms with van der Waals surface area (Å²) in [6.45, 7) is 2.66. The van der Waals surface area contributed by atoms with Crippen molar-refractivity contribution >= 4 is 23.0 Å². The summed E-state index contributed by atoms with van der Waals surface area (Å²) < 4.78 is 3.56. The molecule has 6 nitrogen and oxygen atoms in total. The molecule has 0 radical (unpaired) electrons. The van der Waals surface area contributed by atoms with E-state index >= 15 is 0 Å². The number of anilines is 1. The minimum Gasteiger partial charge on any atom is -0.389 e. The molecular formula is C12H18N6S. The maximum Gasteiger partial charge on any atom is 0.134 e. The fourth-order valence-electron chi connectivity index (χ4n) is 2.06. The second-order valence-electron chi connectivity index (χ2n) is 4.45. The van der Waals surface area contributed by atoms with Crippen molar-refractivity contribution in [1.82, 2.24) is 19.6 Å². The lowest BCUT2D eigenvalue weighted by Gasteiger charge is -2.08. The number of nitrogens with zero attached hydrogens (tertiary/aromatic N) is 4. The SMILES string of the molecule is Cc1nn(C)c(NCCc2ccn(C)n2)c1C(N)=S. The van der Waals surface area contributed by atoms with Crippen LogP contribution in [0.15, 0.2) is 12.3 Å². The zero-order chi connectivity index (χ0) is 14.0. The molecule has 0 saturated heterocycles. The number of hydrogen-bond donors (Lipinski definition) is 2. The Morgan fingerprint density at radius 2 is 2.16 bits per heavy atom. The summed E-state index contributed by atoms with van der Waals surface area (Å²) in [5.41, 5.74) is 8.45. The average Bonchev–Trinajstić information content (AvgIpc) is 2.84. The van der Waals surface area contributed by atoms with Crippen LogP contribution in [-0.4, -0.2) is 31.1 Å². The third-order valence-corrected chi connectivity index (χ3v) is 3.12. The highest BCUT2D eigenvalue weighted by molar-refractivity contribution is 7.80. The van der Waals surface area contributed by atoms with Gasteiger partial charge < -0.3 is 11.1 Å². The number of hydrogen-bond acceptors (Lipinski definition) is 4. The summed E-state index contributed by atoms with van der Waals surface area (Å²) in [6.07, 6.45) is 2.77. The van der Waals surface area contributed by atoms with Gasteiger partial charge in [-0.15, -0.1) is 0 Å². The molecule has 19 heavy (non-hydrogen) atoms. The largest absolute Gasteiger partial charge is 0.389 e. The van der Waals surface area contributed by atoms with Crippen molar-refractivity contribution in [2.45, 2.75) is 13.3 Å². The summed E-state index contributed by atoms with van der Waals surface area (Å²) in [5.74, 6) is 0.862. The van der Waals surface area contributed by atoms with E-state index in [4.69, 9.17) is 18.0 Å². The van der Waals surface area contributed by atoms with Crippen LogP contribution in [0.3, 0.4) is 0 Å². The molecule has 0 spiro atoms. The minimum absolute atomic E-state index is 0.367. The number of rotatable bonds is 5. The van der Waals surface area contributed by atoms with Gasteiger partial charge in [0.2, 0.25) is 0 Å². The van der Waals surface area contributed by atoms with E-state index in [0.29, 0.717) is 4.99 Å². The Balaban J connectivity index is 2.05. The molecule has 0 aliphatic heterocycles. The first-order valence-electron chi connectivity index (χ1n) is 6.05.